The van der Waals surface area contributed by atoms with Gasteiger partial charge in [0.05, 0.1) is 30.7 Å². The van der Waals surface area contributed by atoms with E-state index in [1.54, 1.807) is 18.6 Å². The number of aryl methyl sites for hydroxylation is 1. The average molecular weight is 450 g/mol. The van der Waals surface area contributed by atoms with Crippen molar-refractivity contribution in [1.82, 2.24) is 4.98 Å². The maximum atomic E-state index is 12.6. The van der Waals surface area contributed by atoms with Crippen molar-refractivity contribution in [3.8, 4) is 0 Å². The molecule has 0 radical (unpaired) electrons. The molecule has 1 fully saturated rings. The molecule has 4 heterocycles. The van der Waals surface area contributed by atoms with Crippen LogP contribution in [0.15, 0.2) is 35.2 Å². The lowest BCUT2D eigenvalue weighted by molar-refractivity contribution is -0.155. The summed E-state index contributed by atoms with van der Waals surface area (Å²) in [6.45, 7) is 7.96. The molecule has 7 nitrogen and oxygen atoms in total. The Morgan fingerprint density at radius 1 is 1.18 bits per heavy atom. The van der Waals surface area contributed by atoms with Gasteiger partial charge in [0.15, 0.2) is 5.60 Å². The summed E-state index contributed by atoms with van der Waals surface area (Å²) in [6, 6.07) is 3.79. The number of fused-ring (bicyclic) bond motifs is 6. The fourth-order valence-electron chi connectivity index (χ4n) is 6.68. The second kappa shape index (κ2) is 6.35. The number of aromatic nitrogens is 1. The second-order valence-corrected chi connectivity index (χ2v) is 10.8. The fraction of sp³-hybridized carbons (Fsp3) is 0.500. The van der Waals surface area contributed by atoms with E-state index >= 15 is 0 Å². The van der Waals surface area contributed by atoms with Gasteiger partial charge in [-0.05, 0) is 37.5 Å². The number of hydrogen-bond donors (Lipinski definition) is 1. The van der Waals surface area contributed by atoms with Crippen LogP contribution >= 0.6 is 0 Å². The largest absolute Gasteiger partial charge is 0.472 e. The molecule has 0 spiro atoms. The second-order valence-electron chi connectivity index (χ2n) is 10.8. The number of rotatable bonds is 1. The van der Waals surface area contributed by atoms with Crippen molar-refractivity contribution < 1.29 is 28.6 Å². The highest BCUT2D eigenvalue weighted by molar-refractivity contribution is 5.96. The molecule has 6 rings (SSSR count). The van der Waals surface area contributed by atoms with Gasteiger partial charge in [-0.3, -0.25) is 9.78 Å². The van der Waals surface area contributed by atoms with Gasteiger partial charge in [0, 0.05) is 45.2 Å². The molecule has 172 valence electrons. The molecular weight excluding hydrogens is 422 g/mol. The Morgan fingerprint density at radius 3 is 2.70 bits per heavy atom. The molecular formula is C26H27NO6. The van der Waals surface area contributed by atoms with Crippen LogP contribution in [0.3, 0.4) is 0 Å². The van der Waals surface area contributed by atoms with Gasteiger partial charge < -0.3 is 19.0 Å². The first-order chi connectivity index (χ1) is 15.6. The van der Waals surface area contributed by atoms with Gasteiger partial charge in [0.1, 0.15) is 6.10 Å². The molecule has 2 aromatic rings. The lowest BCUT2D eigenvalue weighted by atomic mass is 9.58. The number of cyclic esters (lactones) is 1. The zero-order valence-electron chi connectivity index (χ0n) is 19.2. The molecule has 33 heavy (non-hydrogen) atoms. The van der Waals surface area contributed by atoms with Crippen molar-refractivity contribution in [2.45, 2.75) is 64.8 Å². The third-order valence-electron chi connectivity index (χ3n) is 8.57. The summed E-state index contributed by atoms with van der Waals surface area (Å²) < 4.78 is 16.9. The van der Waals surface area contributed by atoms with Gasteiger partial charge in [0.2, 0.25) is 0 Å². The van der Waals surface area contributed by atoms with Gasteiger partial charge in [0.25, 0.3) is 0 Å². The molecule has 2 aliphatic heterocycles. The van der Waals surface area contributed by atoms with E-state index in [2.05, 4.69) is 6.92 Å². The molecule has 2 aliphatic carbocycles. The minimum absolute atomic E-state index is 0.172. The van der Waals surface area contributed by atoms with Crippen molar-refractivity contribution in [1.29, 1.82) is 0 Å². The van der Waals surface area contributed by atoms with Crippen LogP contribution in [0, 0.1) is 16.7 Å². The molecule has 1 N–H and O–H groups in total. The summed E-state index contributed by atoms with van der Waals surface area (Å²) in [6.07, 6.45) is 5.15. The zero-order chi connectivity index (χ0) is 23.3. The minimum Gasteiger partial charge on any atom is -0.472 e. The number of aliphatic hydroxyl groups excluding tert-OH is 1. The number of hydrogen-bond acceptors (Lipinski definition) is 7. The van der Waals surface area contributed by atoms with Crippen molar-refractivity contribution in [2.75, 3.05) is 0 Å². The molecule has 4 aliphatic rings. The number of aliphatic hydroxyl groups is 1. The summed E-state index contributed by atoms with van der Waals surface area (Å²) in [5.41, 5.74) is 2.77. The normalized spacial score (nSPS) is 36.0. The summed E-state index contributed by atoms with van der Waals surface area (Å²) in [5.74, 6) is -0.839. The first-order valence-electron chi connectivity index (χ1n) is 11.4. The SMILES string of the molecule is CC12CCc3nc4c(cc3C1=CC(=O)OC2c1ccoc1)C(O)C(C)(C)C1CC(=O)OC41C. The van der Waals surface area contributed by atoms with Crippen LogP contribution in [-0.4, -0.2) is 22.0 Å². The van der Waals surface area contributed by atoms with E-state index in [1.165, 1.54) is 0 Å². The lowest BCUT2D eigenvalue weighted by Crippen LogP contribution is -2.48. The van der Waals surface area contributed by atoms with Crippen LogP contribution in [-0.2, 0) is 31.1 Å². The monoisotopic (exact) mass is 449 g/mol. The molecule has 7 heteroatoms. The van der Waals surface area contributed by atoms with E-state index in [1.807, 2.05) is 32.9 Å². The molecule has 0 amide bonds. The van der Waals surface area contributed by atoms with Gasteiger partial charge in [-0.1, -0.05) is 20.8 Å². The van der Waals surface area contributed by atoms with Crippen LogP contribution in [0.4, 0.5) is 0 Å². The molecule has 5 unspecified atom stereocenters. The lowest BCUT2D eigenvalue weighted by Gasteiger charge is -2.49. The fourth-order valence-corrected chi connectivity index (χ4v) is 6.68. The number of ether oxygens (including phenoxy) is 2. The first-order valence-corrected chi connectivity index (χ1v) is 11.4. The zero-order valence-corrected chi connectivity index (χ0v) is 19.2. The smallest absolute Gasteiger partial charge is 0.331 e. The molecule has 2 aromatic heterocycles. The Balaban J connectivity index is 1.54. The third kappa shape index (κ3) is 2.57. The summed E-state index contributed by atoms with van der Waals surface area (Å²) in [7, 11) is 0. The van der Waals surface area contributed by atoms with E-state index < -0.39 is 34.6 Å². The quantitative estimate of drug-likeness (QED) is 0.653. The van der Waals surface area contributed by atoms with E-state index in [0.29, 0.717) is 17.7 Å². The first kappa shape index (κ1) is 20.7. The standard InChI is InChI=1S/C26H27NO6/c1-24(2)18-11-20(29)33-26(18,4)21-15(22(24)30)9-14-16-10-19(28)32-23(13-6-8-31-12-13)25(16,3)7-5-17(14)27-21/h6,8-10,12,18,22-23,30H,5,7,11H2,1-4H3. The molecule has 5 atom stereocenters. The number of pyridine rings is 1. The Hall–Kier alpha value is -2.93. The van der Waals surface area contributed by atoms with E-state index in [0.717, 1.165) is 28.8 Å². The number of furan rings is 1. The van der Waals surface area contributed by atoms with Crippen molar-refractivity contribution in [3.63, 3.8) is 0 Å². The van der Waals surface area contributed by atoms with E-state index in [-0.39, 0.29) is 18.3 Å². The highest BCUT2D eigenvalue weighted by atomic mass is 16.6. The molecule has 0 saturated carbocycles. The molecule has 0 aromatic carbocycles. The van der Waals surface area contributed by atoms with E-state index in [4.69, 9.17) is 18.9 Å². The Morgan fingerprint density at radius 2 is 1.97 bits per heavy atom. The molecule has 1 saturated heterocycles. The Kier molecular flexibility index (Phi) is 3.97. The van der Waals surface area contributed by atoms with Gasteiger partial charge in [-0.25, -0.2) is 4.79 Å². The van der Waals surface area contributed by atoms with Crippen molar-refractivity contribution in [2.24, 2.45) is 16.7 Å². The third-order valence-corrected chi connectivity index (χ3v) is 8.57. The predicted molar refractivity (Wildman–Crippen MR) is 116 cm³/mol. The van der Waals surface area contributed by atoms with Crippen molar-refractivity contribution >= 4 is 17.5 Å². The summed E-state index contributed by atoms with van der Waals surface area (Å²) in [4.78, 5) is 29.9. The number of carbonyl (C=O) groups excluding carboxylic acids is 2. The van der Waals surface area contributed by atoms with Crippen LogP contribution in [0.2, 0.25) is 0 Å². The van der Waals surface area contributed by atoms with Gasteiger partial charge in [-0.15, -0.1) is 0 Å². The Labute approximate surface area is 191 Å². The predicted octanol–water partition coefficient (Wildman–Crippen LogP) is 4.16. The van der Waals surface area contributed by atoms with Gasteiger partial charge in [-0.2, -0.15) is 0 Å². The minimum atomic E-state index is -0.885. The summed E-state index contributed by atoms with van der Waals surface area (Å²) >= 11 is 0. The number of carbonyl (C=O) groups is 2. The van der Waals surface area contributed by atoms with Gasteiger partial charge >= 0.3 is 11.9 Å². The van der Waals surface area contributed by atoms with Crippen LogP contribution < -0.4 is 0 Å². The maximum absolute atomic E-state index is 12.6. The number of nitrogens with zero attached hydrogens (tertiary/aromatic N) is 1. The van der Waals surface area contributed by atoms with Crippen molar-refractivity contribution in [3.05, 3.63) is 58.8 Å². The average Bonchev–Trinajstić information content (AvgIpc) is 3.40. The summed E-state index contributed by atoms with van der Waals surface area (Å²) in [5, 5.41) is 11.4. The number of esters is 2. The highest BCUT2D eigenvalue weighted by Gasteiger charge is 2.61. The molecule has 0 bridgehead atoms. The maximum Gasteiger partial charge on any atom is 0.331 e. The van der Waals surface area contributed by atoms with Crippen LogP contribution in [0.25, 0.3) is 5.57 Å². The van der Waals surface area contributed by atoms with Crippen LogP contribution in [0.1, 0.15) is 80.8 Å². The highest BCUT2D eigenvalue weighted by Crippen LogP contribution is 2.61. The topological polar surface area (TPSA) is 98.9 Å². The van der Waals surface area contributed by atoms with E-state index in [9.17, 15) is 14.7 Å². The Bertz CT molecular complexity index is 1230. The van der Waals surface area contributed by atoms with Crippen LogP contribution in [0.5, 0.6) is 0 Å².